The first-order valence-electron chi connectivity index (χ1n) is 12.9. The van der Waals surface area contributed by atoms with E-state index >= 15 is 0 Å². The van der Waals surface area contributed by atoms with E-state index in [1.165, 1.54) is 6.20 Å². The minimum Gasteiger partial charge on any atom is -0.491 e. The average Bonchev–Trinajstić information content (AvgIpc) is 3.59. The Labute approximate surface area is 239 Å². The van der Waals surface area contributed by atoms with Crippen LogP contribution < -0.4 is 15.0 Å². The van der Waals surface area contributed by atoms with Gasteiger partial charge in [0.1, 0.15) is 36.6 Å². The Balaban J connectivity index is 1.57. The molecule has 4 heterocycles. The van der Waals surface area contributed by atoms with Crippen LogP contribution in [0.15, 0.2) is 28.9 Å². The van der Waals surface area contributed by atoms with Crippen LogP contribution in [0, 0.1) is 20.8 Å². The Kier molecular flexibility index (Phi) is 7.95. The van der Waals surface area contributed by atoms with Gasteiger partial charge in [0.15, 0.2) is 5.82 Å². The zero-order valence-electron chi connectivity index (χ0n) is 22.9. The van der Waals surface area contributed by atoms with Gasteiger partial charge in [0, 0.05) is 29.8 Å². The number of aliphatic hydroxyl groups excluding tert-OH is 1. The number of rotatable bonds is 9. The van der Waals surface area contributed by atoms with Crippen LogP contribution in [0.25, 0.3) is 22.6 Å². The predicted molar refractivity (Wildman–Crippen MR) is 146 cm³/mol. The van der Waals surface area contributed by atoms with Crippen LogP contribution in [0.2, 0.25) is 5.02 Å². The minimum atomic E-state index is -4.39. The standard InChI is InChI=1S/C27H29ClF3N7O3/c1-14-24(23-15(2)36-41-16(23)3)34-25(20-7-19(5-6-21(20)28)40-12-18(39)9-32-4)35-26(14)37-10-17-8-33-38(22(17)11-37)13-27(29,30)31/h5-8,18,32,39H,9-13H2,1-4H3. The number of hydrogen-bond acceptors (Lipinski definition) is 9. The van der Waals surface area contributed by atoms with Crippen LogP contribution >= 0.6 is 11.6 Å². The molecule has 1 atom stereocenters. The number of alkyl halides is 3. The summed E-state index contributed by atoms with van der Waals surface area (Å²) in [5.41, 5.74) is 4.28. The van der Waals surface area contributed by atoms with Gasteiger partial charge in [0.2, 0.25) is 0 Å². The number of nitrogens with zero attached hydrogens (tertiary/aromatic N) is 6. The van der Waals surface area contributed by atoms with E-state index in [2.05, 4.69) is 15.6 Å². The molecule has 0 saturated heterocycles. The second kappa shape index (κ2) is 11.3. The van der Waals surface area contributed by atoms with Gasteiger partial charge in [0.25, 0.3) is 0 Å². The maximum absolute atomic E-state index is 13.2. The number of anilines is 1. The fourth-order valence-electron chi connectivity index (χ4n) is 4.91. The molecule has 1 aliphatic rings. The van der Waals surface area contributed by atoms with Crippen molar-refractivity contribution in [2.75, 3.05) is 25.1 Å². The molecule has 2 N–H and O–H groups in total. The Hall–Kier alpha value is -3.68. The third-order valence-electron chi connectivity index (χ3n) is 6.82. The molecule has 14 heteroatoms. The lowest BCUT2D eigenvalue weighted by molar-refractivity contribution is -0.143. The molecule has 0 saturated carbocycles. The van der Waals surface area contributed by atoms with E-state index < -0.39 is 18.8 Å². The topological polar surface area (TPSA) is 114 Å². The van der Waals surface area contributed by atoms with E-state index in [0.717, 1.165) is 4.68 Å². The number of aryl methyl sites for hydroxylation is 2. The molecule has 0 amide bonds. The summed E-state index contributed by atoms with van der Waals surface area (Å²) in [6.45, 7) is 5.22. The summed E-state index contributed by atoms with van der Waals surface area (Å²) in [5, 5.41) is 21.3. The number of likely N-dealkylation sites (N-methyl/N-ethyl adjacent to an activating group) is 1. The van der Waals surface area contributed by atoms with Crippen molar-refractivity contribution in [2.45, 2.75) is 52.7 Å². The SMILES string of the molecule is CNCC(O)COc1ccc(Cl)c(-c2nc(-c3c(C)noc3C)c(C)c(N3Cc4cnn(CC(F)(F)F)c4C3)n2)c1. The van der Waals surface area contributed by atoms with Gasteiger partial charge < -0.3 is 24.6 Å². The van der Waals surface area contributed by atoms with Gasteiger partial charge in [0.05, 0.1) is 40.4 Å². The Bertz CT molecular complexity index is 1550. The van der Waals surface area contributed by atoms with Crippen LogP contribution in [0.5, 0.6) is 5.75 Å². The van der Waals surface area contributed by atoms with Crippen molar-refractivity contribution in [1.82, 2.24) is 30.2 Å². The molecule has 3 aromatic heterocycles. The zero-order chi connectivity index (χ0) is 29.5. The Morgan fingerprint density at radius 1 is 1.20 bits per heavy atom. The summed E-state index contributed by atoms with van der Waals surface area (Å²) in [6.07, 6.45) is -3.64. The smallest absolute Gasteiger partial charge is 0.408 e. The maximum Gasteiger partial charge on any atom is 0.408 e. The largest absolute Gasteiger partial charge is 0.491 e. The molecule has 0 bridgehead atoms. The molecule has 218 valence electrons. The third-order valence-corrected chi connectivity index (χ3v) is 7.15. The van der Waals surface area contributed by atoms with Crippen LogP contribution in [0.3, 0.4) is 0 Å². The van der Waals surface area contributed by atoms with Crippen LogP contribution in [0.4, 0.5) is 19.0 Å². The highest BCUT2D eigenvalue weighted by atomic mass is 35.5. The molecule has 41 heavy (non-hydrogen) atoms. The highest BCUT2D eigenvalue weighted by Crippen LogP contribution is 2.39. The van der Waals surface area contributed by atoms with Gasteiger partial charge in [-0.2, -0.15) is 18.3 Å². The van der Waals surface area contributed by atoms with E-state index in [1.807, 2.05) is 18.7 Å². The molecular weight excluding hydrogens is 563 g/mol. The van der Waals surface area contributed by atoms with Crippen molar-refractivity contribution in [3.63, 3.8) is 0 Å². The Morgan fingerprint density at radius 2 is 1.98 bits per heavy atom. The summed E-state index contributed by atoms with van der Waals surface area (Å²) in [6, 6.07) is 5.04. The van der Waals surface area contributed by atoms with E-state index in [1.54, 1.807) is 32.2 Å². The average molecular weight is 592 g/mol. The predicted octanol–water partition coefficient (Wildman–Crippen LogP) is 4.62. The molecule has 1 aromatic carbocycles. The molecular formula is C27H29ClF3N7O3. The first-order chi connectivity index (χ1) is 19.4. The van der Waals surface area contributed by atoms with E-state index in [9.17, 15) is 18.3 Å². The number of nitrogens with one attached hydrogen (secondary N) is 1. The van der Waals surface area contributed by atoms with Gasteiger partial charge in [-0.3, -0.25) is 4.68 Å². The third kappa shape index (κ3) is 6.02. The number of halogens is 4. The van der Waals surface area contributed by atoms with Crippen molar-refractivity contribution in [3.8, 4) is 28.4 Å². The van der Waals surface area contributed by atoms with Gasteiger partial charge >= 0.3 is 6.18 Å². The summed E-state index contributed by atoms with van der Waals surface area (Å²) < 4.78 is 51.6. The molecule has 4 aromatic rings. The summed E-state index contributed by atoms with van der Waals surface area (Å²) in [4.78, 5) is 11.6. The van der Waals surface area contributed by atoms with E-state index in [4.69, 9.17) is 30.8 Å². The molecule has 0 fully saturated rings. The second-order valence-corrected chi connectivity index (χ2v) is 10.4. The summed E-state index contributed by atoms with van der Waals surface area (Å²) in [7, 11) is 1.73. The highest BCUT2D eigenvalue weighted by molar-refractivity contribution is 6.33. The second-order valence-electron chi connectivity index (χ2n) is 9.95. The quantitative estimate of drug-likeness (QED) is 0.288. The summed E-state index contributed by atoms with van der Waals surface area (Å²) >= 11 is 6.62. The number of aromatic nitrogens is 5. The molecule has 1 aliphatic heterocycles. The lowest BCUT2D eigenvalue weighted by Gasteiger charge is -2.22. The van der Waals surface area contributed by atoms with Crippen molar-refractivity contribution in [3.05, 3.63) is 57.7 Å². The molecule has 0 radical (unpaired) electrons. The fraction of sp³-hybridized carbons (Fsp3) is 0.407. The highest BCUT2D eigenvalue weighted by Gasteiger charge is 2.34. The number of benzene rings is 1. The van der Waals surface area contributed by atoms with Crippen molar-refractivity contribution in [1.29, 1.82) is 0 Å². The van der Waals surface area contributed by atoms with Crippen molar-refractivity contribution in [2.24, 2.45) is 0 Å². The lowest BCUT2D eigenvalue weighted by atomic mass is 10.0. The minimum absolute atomic E-state index is 0.0627. The Morgan fingerprint density at radius 3 is 2.66 bits per heavy atom. The number of fused-ring (bicyclic) bond motifs is 1. The van der Waals surface area contributed by atoms with Crippen molar-refractivity contribution >= 4 is 17.4 Å². The molecule has 5 rings (SSSR count). The molecule has 1 unspecified atom stereocenters. The van der Waals surface area contributed by atoms with Gasteiger partial charge in [-0.15, -0.1) is 0 Å². The number of hydrogen-bond donors (Lipinski definition) is 2. The zero-order valence-corrected chi connectivity index (χ0v) is 23.6. The van der Waals surface area contributed by atoms with Gasteiger partial charge in [-0.25, -0.2) is 9.97 Å². The van der Waals surface area contributed by atoms with Crippen LogP contribution in [-0.4, -0.2) is 62.5 Å². The van der Waals surface area contributed by atoms with Crippen LogP contribution in [-0.2, 0) is 19.6 Å². The van der Waals surface area contributed by atoms with Crippen LogP contribution in [0.1, 0.15) is 28.3 Å². The molecule has 0 spiro atoms. The van der Waals surface area contributed by atoms with E-state index in [0.29, 0.717) is 80.6 Å². The monoisotopic (exact) mass is 591 g/mol. The lowest BCUT2D eigenvalue weighted by Crippen LogP contribution is -2.29. The first-order valence-corrected chi connectivity index (χ1v) is 13.3. The fourth-order valence-corrected chi connectivity index (χ4v) is 5.11. The first kappa shape index (κ1) is 28.8. The molecule has 0 aliphatic carbocycles. The number of aliphatic hydroxyl groups is 1. The molecule has 10 nitrogen and oxygen atoms in total. The maximum atomic E-state index is 13.2. The number of ether oxygens (including phenoxy) is 1. The van der Waals surface area contributed by atoms with E-state index in [-0.39, 0.29) is 13.2 Å². The normalized spacial score (nSPS) is 14.0. The summed E-state index contributed by atoms with van der Waals surface area (Å²) in [5.74, 6) is 1.85. The van der Waals surface area contributed by atoms with Gasteiger partial charge in [-0.1, -0.05) is 16.8 Å². The van der Waals surface area contributed by atoms with Crippen molar-refractivity contribution < 1.29 is 27.5 Å². The van der Waals surface area contributed by atoms with Gasteiger partial charge in [-0.05, 0) is 46.0 Å².